The van der Waals surface area contributed by atoms with Crippen molar-refractivity contribution in [3.63, 3.8) is 0 Å². The van der Waals surface area contributed by atoms with Crippen molar-refractivity contribution in [2.75, 3.05) is 14.1 Å². The van der Waals surface area contributed by atoms with Gasteiger partial charge in [-0.05, 0) is 34.2 Å². The van der Waals surface area contributed by atoms with Gasteiger partial charge in [0.05, 0.1) is 5.54 Å². The Kier molecular flexibility index (Phi) is 5.13. The third-order valence-electron chi connectivity index (χ3n) is 2.85. The average Bonchev–Trinajstić information content (AvgIpc) is 2.15. The Morgan fingerprint density at radius 1 is 1.50 bits per heavy atom. The van der Waals surface area contributed by atoms with Crippen molar-refractivity contribution in [1.29, 1.82) is 0 Å². The van der Waals surface area contributed by atoms with Gasteiger partial charge in [-0.3, -0.25) is 4.79 Å². The first-order chi connectivity index (χ1) is 6.36. The molecule has 0 saturated heterocycles. The lowest BCUT2D eigenvalue weighted by Gasteiger charge is -2.32. The van der Waals surface area contributed by atoms with Crippen LogP contribution in [-0.4, -0.2) is 36.5 Å². The molecule has 0 fully saturated rings. The van der Waals surface area contributed by atoms with E-state index in [0.29, 0.717) is 6.04 Å². The Morgan fingerprint density at radius 2 is 2.00 bits per heavy atom. The highest BCUT2D eigenvalue weighted by molar-refractivity contribution is 5.85. The second kappa shape index (κ2) is 5.35. The third-order valence-corrected chi connectivity index (χ3v) is 2.85. The maximum absolute atomic E-state index is 12.0. The summed E-state index contributed by atoms with van der Waals surface area (Å²) in [6.45, 7) is 8.04. The summed E-state index contributed by atoms with van der Waals surface area (Å²) >= 11 is 0. The highest BCUT2D eigenvalue weighted by atomic mass is 16.2. The van der Waals surface area contributed by atoms with E-state index in [2.05, 4.69) is 19.2 Å². The minimum absolute atomic E-state index is 0.154. The maximum Gasteiger partial charge on any atom is 0.242 e. The van der Waals surface area contributed by atoms with Crippen LogP contribution < -0.4 is 5.32 Å². The molecule has 0 aromatic rings. The van der Waals surface area contributed by atoms with Crippen LogP contribution in [0.4, 0.5) is 0 Å². The molecule has 1 amide bonds. The monoisotopic (exact) mass is 200 g/mol. The fourth-order valence-electron chi connectivity index (χ4n) is 1.36. The number of nitrogens with zero attached hydrogens (tertiary/aromatic N) is 1. The third kappa shape index (κ3) is 3.29. The zero-order valence-electron chi connectivity index (χ0n) is 10.3. The SMILES string of the molecule is CCCC(C)N(C)C(=O)C(C)(C)NC. The van der Waals surface area contributed by atoms with E-state index in [-0.39, 0.29) is 5.91 Å². The highest BCUT2D eigenvalue weighted by Gasteiger charge is 2.30. The van der Waals surface area contributed by atoms with Crippen molar-refractivity contribution >= 4 is 5.91 Å². The molecule has 1 N–H and O–H groups in total. The number of carbonyl (C=O) groups excluding carboxylic acids is 1. The largest absolute Gasteiger partial charge is 0.341 e. The van der Waals surface area contributed by atoms with Gasteiger partial charge in [0, 0.05) is 13.1 Å². The number of carbonyl (C=O) groups is 1. The summed E-state index contributed by atoms with van der Waals surface area (Å²) in [5.41, 5.74) is -0.462. The summed E-state index contributed by atoms with van der Waals surface area (Å²) in [5, 5.41) is 3.03. The van der Waals surface area contributed by atoms with E-state index in [9.17, 15) is 4.79 Å². The number of likely N-dealkylation sites (N-methyl/N-ethyl adjacent to an activating group) is 2. The first-order valence-electron chi connectivity index (χ1n) is 5.33. The summed E-state index contributed by atoms with van der Waals surface area (Å²) in [5.74, 6) is 0.154. The molecule has 0 saturated carbocycles. The lowest BCUT2D eigenvalue weighted by molar-refractivity contribution is -0.137. The summed E-state index contributed by atoms with van der Waals surface area (Å²) in [7, 11) is 3.69. The van der Waals surface area contributed by atoms with Crippen LogP contribution in [-0.2, 0) is 4.79 Å². The van der Waals surface area contributed by atoms with E-state index < -0.39 is 5.54 Å². The van der Waals surface area contributed by atoms with E-state index in [1.807, 2.05) is 32.8 Å². The van der Waals surface area contributed by atoms with Gasteiger partial charge in [0.15, 0.2) is 0 Å². The zero-order valence-corrected chi connectivity index (χ0v) is 10.3. The van der Waals surface area contributed by atoms with Crippen molar-refractivity contribution < 1.29 is 4.79 Å². The van der Waals surface area contributed by atoms with Gasteiger partial charge in [-0.25, -0.2) is 0 Å². The lowest BCUT2D eigenvalue weighted by atomic mass is 10.0. The molecular formula is C11H24N2O. The molecule has 0 aliphatic rings. The molecule has 14 heavy (non-hydrogen) atoms. The van der Waals surface area contributed by atoms with Crippen molar-refractivity contribution in [2.24, 2.45) is 0 Å². The van der Waals surface area contributed by atoms with E-state index in [1.54, 1.807) is 0 Å². The number of amides is 1. The second-order valence-electron chi connectivity index (χ2n) is 4.43. The fraction of sp³-hybridized carbons (Fsp3) is 0.909. The highest BCUT2D eigenvalue weighted by Crippen LogP contribution is 2.11. The molecule has 0 rings (SSSR count). The van der Waals surface area contributed by atoms with Crippen LogP contribution in [0.25, 0.3) is 0 Å². The van der Waals surface area contributed by atoms with Crippen LogP contribution in [0.2, 0.25) is 0 Å². The molecule has 0 aromatic heterocycles. The van der Waals surface area contributed by atoms with Crippen LogP contribution in [0.5, 0.6) is 0 Å². The summed E-state index contributed by atoms with van der Waals surface area (Å²) in [6.07, 6.45) is 2.17. The molecular weight excluding hydrogens is 176 g/mol. The number of hydrogen-bond acceptors (Lipinski definition) is 2. The summed E-state index contributed by atoms with van der Waals surface area (Å²) in [4.78, 5) is 13.8. The van der Waals surface area contributed by atoms with E-state index in [1.165, 1.54) is 0 Å². The van der Waals surface area contributed by atoms with E-state index in [4.69, 9.17) is 0 Å². The van der Waals surface area contributed by atoms with E-state index >= 15 is 0 Å². The molecule has 0 aromatic carbocycles. The second-order valence-corrected chi connectivity index (χ2v) is 4.43. The molecule has 1 atom stereocenters. The minimum Gasteiger partial charge on any atom is -0.341 e. The molecule has 0 aliphatic carbocycles. The van der Waals surface area contributed by atoms with Gasteiger partial charge in [-0.15, -0.1) is 0 Å². The van der Waals surface area contributed by atoms with Crippen LogP contribution in [0.1, 0.15) is 40.5 Å². The van der Waals surface area contributed by atoms with Gasteiger partial charge in [0.2, 0.25) is 5.91 Å². The quantitative estimate of drug-likeness (QED) is 0.731. The standard InChI is InChI=1S/C11H24N2O/c1-7-8-9(2)13(6)10(14)11(3,4)12-5/h9,12H,7-8H2,1-6H3. The summed E-state index contributed by atoms with van der Waals surface area (Å²) < 4.78 is 0. The van der Waals surface area contributed by atoms with Gasteiger partial charge in [0.25, 0.3) is 0 Å². The molecule has 1 unspecified atom stereocenters. The number of nitrogens with one attached hydrogen (secondary N) is 1. The zero-order chi connectivity index (χ0) is 11.4. The predicted molar refractivity (Wildman–Crippen MR) is 60.3 cm³/mol. The van der Waals surface area contributed by atoms with Crippen LogP contribution in [0.3, 0.4) is 0 Å². The van der Waals surface area contributed by atoms with Crippen LogP contribution >= 0.6 is 0 Å². The van der Waals surface area contributed by atoms with E-state index in [0.717, 1.165) is 12.8 Å². The summed E-state index contributed by atoms with van der Waals surface area (Å²) in [6, 6.07) is 0.320. The molecule has 3 heteroatoms. The maximum atomic E-state index is 12.0. The normalized spacial score (nSPS) is 13.9. The van der Waals surface area contributed by atoms with Gasteiger partial charge in [0.1, 0.15) is 0 Å². The smallest absolute Gasteiger partial charge is 0.242 e. The van der Waals surface area contributed by atoms with Crippen molar-refractivity contribution in [3.05, 3.63) is 0 Å². The molecule has 0 heterocycles. The van der Waals surface area contributed by atoms with Gasteiger partial charge in [-0.2, -0.15) is 0 Å². The average molecular weight is 200 g/mol. The number of rotatable bonds is 5. The van der Waals surface area contributed by atoms with Gasteiger partial charge < -0.3 is 10.2 Å². The van der Waals surface area contributed by atoms with Crippen molar-refractivity contribution in [3.8, 4) is 0 Å². The van der Waals surface area contributed by atoms with Crippen molar-refractivity contribution in [1.82, 2.24) is 10.2 Å². The fourth-order valence-corrected chi connectivity index (χ4v) is 1.36. The first-order valence-corrected chi connectivity index (χ1v) is 5.33. The molecule has 0 spiro atoms. The molecule has 0 aliphatic heterocycles. The molecule has 84 valence electrons. The van der Waals surface area contributed by atoms with Crippen molar-refractivity contribution in [2.45, 2.75) is 52.1 Å². The van der Waals surface area contributed by atoms with Gasteiger partial charge in [-0.1, -0.05) is 13.3 Å². The van der Waals surface area contributed by atoms with Crippen LogP contribution in [0.15, 0.2) is 0 Å². The van der Waals surface area contributed by atoms with Crippen LogP contribution in [0, 0.1) is 0 Å². The predicted octanol–water partition coefficient (Wildman–Crippen LogP) is 1.63. The molecule has 3 nitrogen and oxygen atoms in total. The Hall–Kier alpha value is -0.570. The molecule has 0 bridgehead atoms. The Labute approximate surface area is 87.9 Å². The first kappa shape index (κ1) is 13.4. The van der Waals surface area contributed by atoms with Gasteiger partial charge >= 0.3 is 0 Å². The molecule has 0 radical (unpaired) electrons. The number of hydrogen-bond donors (Lipinski definition) is 1. The lowest BCUT2D eigenvalue weighted by Crippen LogP contribution is -2.53. The topological polar surface area (TPSA) is 32.3 Å². The Morgan fingerprint density at radius 3 is 2.36 bits per heavy atom. The Bertz CT molecular complexity index is 190. The minimum atomic E-state index is -0.462. The Balaban J connectivity index is 4.38.